The summed E-state index contributed by atoms with van der Waals surface area (Å²) >= 11 is 0. The fourth-order valence-corrected chi connectivity index (χ4v) is 1.96. The molecule has 1 aliphatic heterocycles. The van der Waals surface area contributed by atoms with Crippen molar-refractivity contribution < 1.29 is 13.5 Å². The lowest BCUT2D eigenvalue weighted by Crippen LogP contribution is -2.34. The zero-order chi connectivity index (χ0) is 8.48. The summed E-state index contributed by atoms with van der Waals surface area (Å²) in [6.07, 6.45) is 0.701. The van der Waals surface area contributed by atoms with E-state index < -0.39 is 10.2 Å². The molecule has 66 valence electrons. The summed E-state index contributed by atoms with van der Waals surface area (Å²) in [5.74, 6) is 0.0633. The Morgan fingerprint density at radius 1 is 1.64 bits per heavy atom. The highest BCUT2D eigenvalue weighted by Crippen LogP contribution is 2.16. The highest BCUT2D eigenvalue weighted by molar-refractivity contribution is 7.86. The molecule has 0 saturated carbocycles. The average Bonchev–Trinajstić information content (AvgIpc) is 2.32. The van der Waals surface area contributed by atoms with Gasteiger partial charge in [0.05, 0.1) is 0 Å². The molecular formula is C5H12N2O3S. The van der Waals surface area contributed by atoms with Crippen LogP contribution in [0, 0.1) is 5.92 Å². The van der Waals surface area contributed by atoms with Crippen molar-refractivity contribution in [2.24, 2.45) is 11.1 Å². The monoisotopic (exact) mass is 180 g/mol. The molecule has 0 aromatic heterocycles. The maximum atomic E-state index is 10.7. The van der Waals surface area contributed by atoms with Gasteiger partial charge in [0.15, 0.2) is 0 Å². The van der Waals surface area contributed by atoms with Crippen LogP contribution in [0.15, 0.2) is 0 Å². The van der Waals surface area contributed by atoms with E-state index in [1.54, 1.807) is 0 Å². The summed E-state index contributed by atoms with van der Waals surface area (Å²) in [6, 6.07) is 0. The average molecular weight is 180 g/mol. The molecule has 11 heavy (non-hydrogen) atoms. The van der Waals surface area contributed by atoms with Gasteiger partial charge >= 0.3 is 0 Å². The van der Waals surface area contributed by atoms with E-state index in [0.717, 1.165) is 0 Å². The Balaban J connectivity index is 2.55. The van der Waals surface area contributed by atoms with Gasteiger partial charge in [0, 0.05) is 19.7 Å². The van der Waals surface area contributed by atoms with E-state index in [-0.39, 0.29) is 12.5 Å². The molecule has 1 unspecified atom stereocenters. The Morgan fingerprint density at radius 2 is 2.27 bits per heavy atom. The summed E-state index contributed by atoms with van der Waals surface area (Å²) in [5.41, 5.74) is 0. The van der Waals surface area contributed by atoms with E-state index in [2.05, 4.69) is 0 Å². The third kappa shape index (κ3) is 2.13. The Kier molecular flexibility index (Phi) is 2.48. The van der Waals surface area contributed by atoms with E-state index in [9.17, 15) is 8.42 Å². The first-order valence-electron chi connectivity index (χ1n) is 3.43. The molecule has 3 N–H and O–H groups in total. The number of aliphatic hydroxyl groups is 1. The summed E-state index contributed by atoms with van der Waals surface area (Å²) in [7, 11) is -3.52. The van der Waals surface area contributed by atoms with E-state index in [1.165, 1.54) is 4.31 Å². The van der Waals surface area contributed by atoms with Crippen molar-refractivity contribution in [3.63, 3.8) is 0 Å². The van der Waals surface area contributed by atoms with Crippen molar-refractivity contribution in [2.75, 3.05) is 19.7 Å². The van der Waals surface area contributed by atoms with Gasteiger partial charge in [-0.05, 0) is 12.3 Å². The molecular weight excluding hydrogens is 168 g/mol. The second-order valence-electron chi connectivity index (χ2n) is 2.74. The minimum absolute atomic E-state index is 0.0337. The number of hydrogen-bond acceptors (Lipinski definition) is 3. The Morgan fingerprint density at radius 3 is 2.55 bits per heavy atom. The van der Waals surface area contributed by atoms with E-state index >= 15 is 0 Å². The van der Waals surface area contributed by atoms with Crippen molar-refractivity contribution in [3.8, 4) is 0 Å². The van der Waals surface area contributed by atoms with Crippen LogP contribution in [0.1, 0.15) is 6.42 Å². The van der Waals surface area contributed by atoms with Crippen molar-refractivity contribution in [3.05, 3.63) is 0 Å². The molecule has 1 atom stereocenters. The standard InChI is InChI=1S/C5H12N2O3S/c6-11(9,10)7-2-1-5(3-7)4-8/h5,8H,1-4H2,(H2,6,9,10). The Bertz CT molecular complexity index is 226. The molecule has 1 aliphatic rings. The SMILES string of the molecule is NS(=O)(=O)N1CCC(CO)C1. The van der Waals surface area contributed by atoms with E-state index in [4.69, 9.17) is 10.2 Å². The highest BCUT2D eigenvalue weighted by Gasteiger charge is 2.28. The summed E-state index contributed by atoms with van der Waals surface area (Å²) in [4.78, 5) is 0. The van der Waals surface area contributed by atoms with Gasteiger partial charge in [0.2, 0.25) is 0 Å². The summed E-state index contributed by atoms with van der Waals surface area (Å²) < 4.78 is 22.6. The van der Waals surface area contributed by atoms with E-state index in [1.807, 2.05) is 0 Å². The first-order valence-corrected chi connectivity index (χ1v) is 4.93. The van der Waals surface area contributed by atoms with Gasteiger partial charge in [-0.3, -0.25) is 0 Å². The molecule has 1 fully saturated rings. The Labute approximate surface area is 66.0 Å². The number of nitrogens with two attached hydrogens (primary N) is 1. The second-order valence-corrected chi connectivity index (χ2v) is 4.29. The van der Waals surface area contributed by atoms with E-state index in [0.29, 0.717) is 19.5 Å². The van der Waals surface area contributed by atoms with Crippen molar-refractivity contribution in [1.82, 2.24) is 4.31 Å². The van der Waals surface area contributed by atoms with Crippen LogP contribution in [0.3, 0.4) is 0 Å². The van der Waals surface area contributed by atoms with Gasteiger partial charge in [-0.25, -0.2) is 5.14 Å². The van der Waals surface area contributed by atoms with Gasteiger partial charge in [0.1, 0.15) is 0 Å². The predicted octanol–water partition coefficient (Wildman–Crippen LogP) is -1.50. The third-order valence-electron chi connectivity index (χ3n) is 1.87. The van der Waals surface area contributed by atoms with Crippen LogP contribution in [0.5, 0.6) is 0 Å². The normalized spacial score (nSPS) is 27.6. The summed E-state index contributed by atoms with van der Waals surface area (Å²) in [6.45, 7) is 0.825. The fraction of sp³-hybridized carbons (Fsp3) is 1.00. The third-order valence-corrected chi connectivity index (χ3v) is 2.92. The molecule has 0 radical (unpaired) electrons. The fourth-order valence-electron chi connectivity index (χ4n) is 1.18. The molecule has 5 nitrogen and oxygen atoms in total. The molecule has 1 rings (SSSR count). The van der Waals surface area contributed by atoms with Crippen LogP contribution in [-0.4, -0.2) is 37.5 Å². The zero-order valence-electron chi connectivity index (χ0n) is 6.10. The first kappa shape index (κ1) is 8.92. The minimum atomic E-state index is -3.52. The molecule has 0 amide bonds. The number of nitrogens with zero attached hydrogens (tertiary/aromatic N) is 1. The van der Waals surface area contributed by atoms with Crippen LogP contribution in [0.4, 0.5) is 0 Å². The van der Waals surface area contributed by atoms with Gasteiger partial charge in [0.25, 0.3) is 10.2 Å². The quantitative estimate of drug-likeness (QED) is 0.542. The van der Waals surface area contributed by atoms with Crippen molar-refractivity contribution >= 4 is 10.2 Å². The smallest absolute Gasteiger partial charge is 0.276 e. The number of rotatable bonds is 2. The zero-order valence-corrected chi connectivity index (χ0v) is 6.92. The van der Waals surface area contributed by atoms with Crippen LogP contribution in [0.25, 0.3) is 0 Å². The first-order chi connectivity index (χ1) is 5.04. The molecule has 0 aromatic rings. The molecule has 6 heteroatoms. The number of hydrogen-bond donors (Lipinski definition) is 2. The van der Waals surface area contributed by atoms with Crippen molar-refractivity contribution in [2.45, 2.75) is 6.42 Å². The second kappa shape index (κ2) is 3.06. The molecule has 0 spiro atoms. The van der Waals surface area contributed by atoms with Crippen LogP contribution >= 0.6 is 0 Å². The Hall–Kier alpha value is -0.170. The lowest BCUT2D eigenvalue weighted by atomic mass is 10.1. The molecule has 0 bridgehead atoms. The highest BCUT2D eigenvalue weighted by atomic mass is 32.2. The maximum Gasteiger partial charge on any atom is 0.276 e. The molecule has 0 aromatic carbocycles. The largest absolute Gasteiger partial charge is 0.396 e. The van der Waals surface area contributed by atoms with Gasteiger partial charge in [-0.2, -0.15) is 12.7 Å². The summed E-state index contributed by atoms with van der Waals surface area (Å²) in [5, 5.41) is 13.6. The van der Waals surface area contributed by atoms with Crippen LogP contribution < -0.4 is 5.14 Å². The predicted molar refractivity (Wildman–Crippen MR) is 39.9 cm³/mol. The minimum Gasteiger partial charge on any atom is -0.396 e. The lowest BCUT2D eigenvalue weighted by molar-refractivity contribution is 0.233. The van der Waals surface area contributed by atoms with Gasteiger partial charge < -0.3 is 5.11 Å². The lowest BCUT2D eigenvalue weighted by Gasteiger charge is -2.10. The van der Waals surface area contributed by atoms with Crippen LogP contribution in [-0.2, 0) is 10.2 Å². The molecule has 1 saturated heterocycles. The van der Waals surface area contributed by atoms with Crippen molar-refractivity contribution in [1.29, 1.82) is 0 Å². The topological polar surface area (TPSA) is 83.6 Å². The molecule has 1 heterocycles. The van der Waals surface area contributed by atoms with Gasteiger partial charge in [-0.1, -0.05) is 0 Å². The maximum absolute atomic E-state index is 10.7. The van der Waals surface area contributed by atoms with Crippen LogP contribution in [0.2, 0.25) is 0 Å². The van der Waals surface area contributed by atoms with Gasteiger partial charge in [-0.15, -0.1) is 0 Å². The number of aliphatic hydroxyl groups excluding tert-OH is 1. The molecule has 0 aliphatic carbocycles.